The highest BCUT2D eigenvalue weighted by molar-refractivity contribution is 7.93. The van der Waals surface area contributed by atoms with E-state index in [-0.39, 0.29) is 55.6 Å². The first-order valence-electron chi connectivity index (χ1n) is 16.4. The molecule has 0 aliphatic carbocycles. The summed E-state index contributed by atoms with van der Waals surface area (Å²) in [7, 11) is -4.30. The maximum atomic E-state index is 14.2. The van der Waals surface area contributed by atoms with Crippen LogP contribution in [-0.4, -0.2) is 82.0 Å². The number of aromatic nitrogens is 4. The van der Waals surface area contributed by atoms with Gasteiger partial charge in [0.2, 0.25) is 5.82 Å². The summed E-state index contributed by atoms with van der Waals surface area (Å²) in [6.45, 7) is 5.49. The highest BCUT2D eigenvalue weighted by Crippen LogP contribution is 2.38. The Bertz CT molecular complexity index is 1920. The lowest BCUT2D eigenvalue weighted by atomic mass is 9.95. The molecule has 1 aromatic heterocycles. The van der Waals surface area contributed by atoms with Gasteiger partial charge in [0.1, 0.15) is 23.7 Å². The first-order valence-corrected chi connectivity index (χ1v) is 17.8. The van der Waals surface area contributed by atoms with Gasteiger partial charge in [0.05, 0.1) is 18.0 Å². The van der Waals surface area contributed by atoms with E-state index in [0.29, 0.717) is 24.3 Å². The molecular weight excluding hydrogens is 707 g/mol. The average molecular weight is 746 g/mol. The summed E-state index contributed by atoms with van der Waals surface area (Å²) in [5.41, 5.74) is 0.306. The Morgan fingerprint density at radius 2 is 1.52 bits per heavy atom. The molecule has 0 radical (unpaired) electrons. The van der Waals surface area contributed by atoms with E-state index in [0.717, 1.165) is 17.7 Å². The number of nitrogens with zero attached hydrogens (tertiary/aromatic N) is 5. The van der Waals surface area contributed by atoms with Crippen molar-refractivity contribution in [3.05, 3.63) is 84.4 Å². The predicted molar refractivity (Wildman–Crippen MR) is 180 cm³/mol. The molecule has 3 aromatic carbocycles. The molecular formula is C35H38F3N5O8S. The van der Waals surface area contributed by atoms with Crippen molar-refractivity contribution in [1.82, 2.24) is 25.1 Å². The number of esters is 1. The molecule has 0 bridgehead atoms. The van der Waals surface area contributed by atoms with Crippen molar-refractivity contribution in [1.29, 1.82) is 0 Å². The Morgan fingerprint density at radius 3 is 2.13 bits per heavy atom. The molecule has 0 atom stereocenters. The Labute approximate surface area is 298 Å². The van der Waals surface area contributed by atoms with Crippen molar-refractivity contribution < 1.29 is 50.1 Å². The minimum absolute atomic E-state index is 0.0292. The molecule has 0 saturated carbocycles. The standard InChI is InChI=1S/C35H38F3N5O8S/c1-33(2,3)51-31(44)34(18-21-42(22-19-34)32(45)49-24-25-8-5-4-6-9-25)52(46,47)29-16-14-27(15-17-29)48-23-7-20-43-40-30(39-41-43)26-10-12-28(13-11-26)50-35(36,37)38/h4-6,8-17H,7,18-24H2,1-3H3. The normalized spacial score (nSPS) is 14.8. The number of hydrogen-bond donors (Lipinski definition) is 0. The number of alkyl halides is 3. The Morgan fingerprint density at radius 1 is 0.885 bits per heavy atom. The van der Waals surface area contributed by atoms with E-state index in [1.54, 1.807) is 20.8 Å². The number of rotatable bonds is 12. The molecule has 1 amide bonds. The summed E-state index contributed by atoms with van der Waals surface area (Å²) in [5, 5.41) is 12.1. The van der Waals surface area contributed by atoms with E-state index in [9.17, 15) is 31.2 Å². The van der Waals surface area contributed by atoms with Gasteiger partial charge in [-0.05, 0) is 92.9 Å². The smallest absolute Gasteiger partial charge is 0.494 e. The molecule has 278 valence electrons. The second kappa shape index (κ2) is 15.6. The van der Waals surface area contributed by atoms with Crippen molar-refractivity contribution in [3.8, 4) is 22.9 Å². The maximum Gasteiger partial charge on any atom is 0.573 e. The van der Waals surface area contributed by atoms with Crippen LogP contribution >= 0.6 is 0 Å². The van der Waals surface area contributed by atoms with Crippen LogP contribution in [-0.2, 0) is 37.3 Å². The highest BCUT2D eigenvalue weighted by Gasteiger charge is 2.55. The third-order valence-corrected chi connectivity index (χ3v) is 10.5. The SMILES string of the molecule is CC(C)(C)OC(=O)C1(S(=O)(=O)c2ccc(OCCCn3nnc(-c4ccc(OC(F)(F)F)cc4)n3)cc2)CCN(C(=O)OCc2ccccc2)CC1. The number of tetrazole rings is 1. The number of amides is 1. The number of sulfone groups is 1. The molecule has 13 nitrogen and oxygen atoms in total. The quantitative estimate of drug-likeness (QED) is 0.124. The van der Waals surface area contributed by atoms with E-state index >= 15 is 0 Å². The lowest BCUT2D eigenvalue weighted by Gasteiger charge is -2.40. The summed E-state index contributed by atoms with van der Waals surface area (Å²) >= 11 is 0. The van der Waals surface area contributed by atoms with Gasteiger partial charge in [-0.2, -0.15) is 4.80 Å². The van der Waals surface area contributed by atoms with Crippen molar-refractivity contribution >= 4 is 21.9 Å². The lowest BCUT2D eigenvalue weighted by molar-refractivity contribution is -0.274. The highest BCUT2D eigenvalue weighted by atomic mass is 32.2. The van der Waals surface area contributed by atoms with Crippen LogP contribution in [0.1, 0.15) is 45.6 Å². The van der Waals surface area contributed by atoms with Gasteiger partial charge < -0.3 is 23.8 Å². The van der Waals surface area contributed by atoms with Crippen molar-refractivity contribution in [2.24, 2.45) is 0 Å². The zero-order valence-electron chi connectivity index (χ0n) is 28.7. The molecule has 5 rings (SSSR count). The van der Waals surface area contributed by atoms with Crippen molar-refractivity contribution in [3.63, 3.8) is 0 Å². The van der Waals surface area contributed by atoms with Crippen LogP contribution in [0, 0.1) is 0 Å². The molecule has 17 heteroatoms. The minimum Gasteiger partial charge on any atom is -0.494 e. The zero-order chi connectivity index (χ0) is 37.6. The number of piperidine rings is 1. The summed E-state index contributed by atoms with van der Waals surface area (Å²) < 4.78 is 84.3. The van der Waals surface area contributed by atoms with Gasteiger partial charge in [0.25, 0.3) is 0 Å². The minimum atomic E-state index is -4.80. The third-order valence-electron chi connectivity index (χ3n) is 8.02. The van der Waals surface area contributed by atoms with Crippen LogP contribution in [0.2, 0.25) is 0 Å². The lowest BCUT2D eigenvalue weighted by Crippen LogP contribution is -2.57. The monoisotopic (exact) mass is 745 g/mol. The number of carbonyl (C=O) groups is 2. The van der Waals surface area contributed by atoms with Crippen molar-refractivity contribution in [2.45, 2.75) is 74.8 Å². The van der Waals surface area contributed by atoms with Crippen LogP contribution in [0.15, 0.2) is 83.8 Å². The molecule has 1 fully saturated rings. The fourth-order valence-electron chi connectivity index (χ4n) is 5.41. The van der Waals surface area contributed by atoms with E-state index in [1.807, 2.05) is 30.3 Å². The average Bonchev–Trinajstić information content (AvgIpc) is 3.57. The van der Waals surface area contributed by atoms with Crippen LogP contribution in [0.5, 0.6) is 11.5 Å². The molecule has 2 heterocycles. The second-order valence-corrected chi connectivity index (χ2v) is 15.2. The fourth-order valence-corrected chi connectivity index (χ4v) is 7.34. The summed E-state index contributed by atoms with van der Waals surface area (Å²) in [6, 6.07) is 19.9. The van der Waals surface area contributed by atoms with Gasteiger partial charge in [0, 0.05) is 25.1 Å². The van der Waals surface area contributed by atoms with Gasteiger partial charge in [-0.1, -0.05) is 30.3 Å². The molecule has 1 aliphatic rings. The van der Waals surface area contributed by atoms with Gasteiger partial charge >= 0.3 is 18.4 Å². The topological polar surface area (TPSA) is 152 Å². The molecule has 1 saturated heterocycles. The number of benzene rings is 3. The van der Waals surface area contributed by atoms with Crippen LogP contribution in [0.4, 0.5) is 18.0 Å². The van der Waals surface area contributed by atoms with E-state index in [2.05, 4.69) is 20.1 Å². The second-order valence-electron chi connectivity index (χ2n) is 13.0. The molecule has 0 spiro atoms. The van der Waals surface area contributed by atoms with E-state index < -0.39 is 38.6 Å². The summed E-state index contributed by atoms with van der Waals surface area (Å²) in [5.74, 6) is -0.646. The Balaban J connectivity index is 1.17. The number of aryl methyl sites for hydroxylation is 1. The largest absolute Gasteiger partial charge is 0.573 e. The maximum absolute atomic E-state index is 14.2. The van der Waals surface area contributed by atoms with Gasteiger partial charge in [-0.25, -0.2) is 13.2 Å². The number of hydrogen-bond acceptors (Lipinski definition) is 11. The number of halogens is 3. The Kier molecular flexibility index (Phi) is 11.4. The fraction of sp³-hybridized carbons (Fsp3) is 0.400. The summed E-state index contributed by atoms with van der Waals surface area (Å²) in [4.78, 5) is 29.0. The number of ether oxygens (including phenoxy) is 4. The van der Waals surface area contributed by atoms with Gasteiger partial charge in [-0.3, -0.25) is 4.79 Å². The molecule has 4 aromatic rings. The molecule has 0 N–H and O–H groups in total. The third kappa shape index (κ3) is 9.57. The van der Waals surface area contributed by atoms with Crippen LogP contribution in [0.25, 0.3) is 11.4 Å². The van der Waals surface area contributed by atoms with E-state index in [1.165, 1.54) is 46.1 Å². The summed E-state index contributed by atoms with van der Waals surface area (Å²) in [6.07, 6.45) is -5.32. The van der Waals surface area contributed by atoms with Crippen molar-refractivity contribution in [2.75, 3.05) is 19.7 Å². The van der Waals surface area contributed by atoms with Gasteiger partial charge in [-0.15, -0.1) is 23.4 Å². The predicted octanol–water partition coefficient (Wildman–Crippen LogP) is 5.99. The number of likely N-dealkylation sites (tertiary alicyclic amines) is 1. The van der Waals surface area contributed by atoms with Crippen LogP contribution in [0.3, 0.4) is 0 Å². The number of carbonyl (C=O) groups excluding carboxylic acids is 2. The zero-order valence-corrected chi connectivity index (χ0v) is 29.5. The first kappa shape index (κ1) is 38.1. The Hall–Kier alpha value is -5.19. The van der Waals surface area contributed by atoms with Crippen LogP contribution < -0.4 is 9.47 Å². The first-order chi connectivity index (χ1) is 24.5. The molecule has 0 unspecified atom stereocenters. The van der Waals surface area contributed by atoms with E-state index in [4.69, 9.17) is 14.2 Å². The van der Waals surface area contributed by atoms with Gasteiger partial charge in [0.15, 0.2) is 14.6 Å². The molecule has 1 aliphatic heterocycles. The molecule has 52 heavy (non-hydrogen) atoms.